The highest BCUT2D eigenvalue weighted by molar-refractivity contribution is 7.20. The maximum absolute atomic E-state index is 5.65. The molecule has 1 heterocycles. The van der Waals surface area contributed by atoms with E-state index in [1.54, 1.807) is 11.3 Å². The molecule has 3 aromatic rings. The monoisotopic (exact) mass is 226 g/mol. The van der Waals surface area contributed by atoms with Crippen molar-refractivity contribution in [2.45, 2.75) is 0 Å². The second-order valence-corrected chi connectivity index (χ2v) is 4.28. The van der Waals surface area contributed by atoms with Crippen LogP contribution < -0.4 is 4.74 Å². The van der Waals surface area contributed by atoms with E-state index in [9.17, 15) is 0 Å². The minimum Gasteiger partial charge on any atom is -0.431 e. The summed E-state index contributed by atoms with van der Waals surface area (Å²) in [4.78, 5) is 4.39. The summed E-state index contributed by atoms with van der Waals surface area (Å²) in [6.07, 6.45) is 0. The Morgan fingerprint density at radius 3 is 2.69 bits per heavy atom. The molecule has 0 aliphatic heterocycles. The van der Waals surface area contributed by atoms with E-state index >= 15 is 0 Å². The summed E-state index contributed by atoms with van der Waals surface area (Å²) >= 11 is 1.55. The molecule has 1 aromatic heterocycles. The number of ether oxygens (including phenoxy) is 1. The fourth-order valence-electron chi connectivity index (χ4n) is 1.44. The van der Waals surface area contributed by atoms with Gasteiger partial charge in [-0.25, -0.2) is 4.98 Å². The van der Waals surface area contributed by atoms with Crippen LogP contribution in [0.3, 0.4) is 0 Å². The van der Waals surface area contributed by atoms with E-state index in [0.29, 0.717) is 5.19 Å². The lowest BCUT2D eigenvalue weighted by Crippen LogP contribution is -1.81. The van der Waals surface area contributed by atoms with Gasteiger partial charge in [-0.2, -0.15) is 0 Å². The van der Waals surface area contributed by atoms with Gasteiger partial charge in [0.1, 0.15) is 5.75 Å². The Morgan fingerprint density at radius 1 is 1.06 bits per heavy atom. The van der Waals surface area contributed by atoms with Crippen LogP contribution in [0.25, 0.3) is 10.2 Å². The number of fused-ring (bicyclic) bond motifs is 1. The Kier molecular flexibility index (Phi) is 2.31. The molecular formula is C13H8NOS. The Bertz CT molecular complexity index is 570. The van der Waals surface area contributed by atoms with Crippen molar-refractivity contribution in [1.29, 1.82) is 0 Å². The third kappa shape index (κ3) is 1.77. The molecular weight excluding hydrogens is 218 g/mol. The number of thiazole rings is 1. The third-order valence-electron chi connectivity index (χ3n) is 2.17. The van der Waals surface area contributed by atoms with Gasteiger partial charge in [0.15, 0.2) is 0 Å². The normalized spacial score (nSPS) is 10.5. The van der Waals surface area contributed by atoms with Crippen molar-refractivity contribution in [3.8, 4) is 10.9 Å². The summed E-state index contributed by atoms with van der Waals surface area (Å²) in [5.41, 5.74) is 0.977. The molecule has 3 heteroatoms. The van der Waals surface area contributed by atoms with Gasteiger partial charge >= 0.3 is 0 Å². The van der Waals surface area contributed by atoms with E-state index in [2.05, 4.69) is 11.1 Å². The van der Waals surface area contributed by atoms with Crippen molar-refractivity contribution in [2.24, 2.45) is 0 Å². The van der Waals surface area contributed by atoms with Crippen molar-refractivity contribution in [2.75, 3.05) is 0 Å². The maximum atomic E-state index is 5.65. The van der Waals surface area contributed by atoms with Crippen LogP contribution in [0.5, 0.6) is 10.9 Å². The highest BCUT2D eigenvalue weighted by atomic mass is 32.1. The van der Waals surface area contributed by atoms with Gasteiger partial charge in [-0.05, 0) is 30.3 Å². The number of rotatable bonds is 2. The van der Waals surface area contributed by atoms with E-state index in [0.717, 1.165) is 16.0 Å². The summed E-state index contributed by atoms with van der Waals surface area (Å²) in [7, 11) is 0. The lowest BCUT2D eigenvalue weighted by atomic mass is 10.3. The maximum Gasteiger partial charge on any atom is 0.279 e. The zero-order valence-corrected chi connectivity index (χ0v) is 9.20. The van der Waals surface area contributed by atoms with Crippen molar-refractivity contribution >= 4 is 21.6 Å². The van der Waals surface area contributed by atoms with E-state index in [-0.39, 0.29) is 0 Å². The van der Waals surface area contributed by atoms with Crippen LogP contribution in [0.15, 0.2) is 48.5 Å². The Hall–Kier alpha value is -1.87. The first-order valence-electron chi connectivity index (χ1n) is 4.91. The van der Waals surface area contributed by atoms with Gasteiger partial charge in [0.05, 0.1) is 10.2 Å². The fourth-order valence-corrected chi connectivity index (χ4v) is 2.27. The molecule has 1 radical (unpaired) electrons. The number of benzene rings is 2. The van der Waals surface area contributed by atoms with E-state index in [1.165, 1.54) is 0 Å². The summed E-state index contributed by atoms with van der Waals surface area (Å²) in [6.45, 7) is 0. The van der Waals surface area contributed by atoms with Gasteiger partial charge in [-0.3, -0.25) is 0 Å². The van der Waals surface area contributed by atoms with Crippen molar-refractivity contribution < 1.29 is 4.74 Å². The van der Waals surface area contributed by atoms with Crippen LogP contribution >= 0.6 is 11.3 Å². The Morgan fingerprint density at radius 2 is 1.88 bits per heavy atom. The molecule has 0 aliphatic rings. The van der Waals surface area contributed by atoms with Crippen molar-refractivity contribution in [1.82, 2.24) is 4.98 Å². The molecule has 0 spiro atoms. The minimum absolute atomic E-state index is 0.674. The molecule has 3 rings (SSSR count). The molecule has 2 nitrogen and oxygen atoms in total. The average molecular weight is 226 g/mol. The Balaban J connectivity index is 1.95. The van der Waals surface area contributed by atoms with Crippen LogP contribution in [0.2, 0.25) is 0 Å². The predicted molar refractivity (Wildman–Crippen MR) is 65.0 cm³/mol. The van der Waals surface area contributed by atoms with Gasteiger partial charge in [0, 0.05) is 0 Å². The molecule has 0 N–H and O–H groups in total. The van der Waals surface area contributed by atoms with Gasteiger partial charge in [0.2, 0.25) is 0 Å². The topological polar surface area (TPSA) is 22.1 Å². The third-order valence-corrected chi connectivity index (χ3v) is 3.08. The van der Waals surface area contributed by atoms with Crippen LogP contribution in [-0.2, 0) is 0 Å². The SMILES string of the molecule is [c]1ccc(Oc2nc3ccccc3s2)cc1. The predicted octanol–water partition coefficient (Wildman–Crippen LogP) is 3.89. The first-order chi connectivity index (χ1) is 7.92. The quantitative estimate of drug-likeness (QED) is 0.661. The molecule has 0 bridgehead atoms. The molecule has 0 amide bonds. The summed E-state index contributed by atoms with van der Waals surface area (Å²) < 4.78 is 6.79. The largest absolute Gasteiger partial charge is 0.431 e. The highest BCUT2D eigenvalue weighted by Gasteiger charge is 2.04. The summed E-state index contributed by atoms with van der Waals surface area (Å²) in [5.74, 6) is 0.790. The van der Waals surface area contributed by atoms with E-state index in [4.69, 9.17) is 4.74 Å². The molecule has 0 unspecified atom stereocenters. The zero-order valence-electron chi connectivity index (χ0n) is 8.38. The van der Waals surface area contributed by atoms with Crippen molar-refractivity contribution in [3.63, 3.8) is 0 Å². The van der Waals surface area contributed by atoms with Crippen LogP contribution in [0.1, 0.15) is 0 Å². The van der Waals surface area contributed by atoms with Gasteiger partial charge in [-0.15, -0.1) is 0 Å². The number of hydrogen-bond donors (Lipinski definition) is 0. The number of nitrogens with zero attached hydrogens (tertiary/aromatic N) is 1. The van der Waals surface area contributed by atoms with Gasteiger partial charge in [-0.1, -0.05) is 35.6 Å². The molecule has 2 aromatic carbocycles. The molecule has 0 saturated carbocycles. The standard InChI is InChI=1S/C13H8NOS/c1-2-6-10(7-3-1)15-13-14-11-8-4-5-9-12(11)16-13/h2-9H. The average Bonchev–Trinajstić information content (AvgIpc) is 2.72. The first kappa shape index (κ1) is 9.36. The number of aromatic nitrogens is 1. The second kappa shape index (κ2) is 3.94. The smallest absolute Gasteiger partial charge is 0.279 e. The molecule has 77 valence electrons. The van der Waals surface area contributed by atoms with E-state index < -0.39 is 0 Å². The van der Waals surface area contributed by atoms with Gasteiger partial charge in [0.25, 0.3) is 5.19 Å². The minimum atomic E-state index is 0.674. The number of hydrogen-bond acceptors (Lipinski definition) is 3. The molecule has 0 aliphatic carbocycles. The first-order valence-corrected chi connectivity index (χ1v) is 5.73. The van der Waals surface area contributed by atoms with Crippen LogP contribution in [0.4, 0.5) is 0 Å². The van der Waals surface area contributed by atoms with Crippen molar-refractivity contribution in [3.05, 3.63) is 54.6 Å². The molecule has 0 atom stereocenters. The van der Waals surface area contributed by atoms with Gasteiger partial charge < -0.3 is 4.74 Å². The summed E-state index contributed by atoms with van der Waals surface area (Å²) in [5, 5.41) is 0.674. The molecule has 16 heavy (non-hydrogen) atoms. The van der Waals surface area contributed by atoms with E-state index in [1.807, 2.05) is 48.5 Å². The van der Waals surface area contributed by atoms with Crippen LogP contribution in [0, 0.1) is 6.07 Å². The van der Waals surface area contributed by atoms with Crippen LogP contribution in [-0.4, -0.2) is 4.98 Å². The molecule has 0 fully saturated rings. The summed E-state index contributed by atoms with van der Waals surface area (Å²) in [6, 6.07) is 18.3. The lowest BCUT2D eigenvalue weighted by Gasteiger charge is -1.98. The number of para-hydroxylation sites is 1. The zero-order chi connectivity index (χ0) is 10.8. The second-order valence-electron chi connectivity index (χ2n) is 3.29. The fraction of sp³-hybridized carbons (Fsp3) is 0. The highest BCUT2D eigenvalue weighted by Crippen LogP contribution is 2.30. The lowest BCUT2D eigenvalue weighted by molar-refractivity contribution is 0.480. The molecule has 0 saturated heterocycles. The Labute approximate surface area is 97.1 Å².